The van der Waals surface area contributed by atoms with E-state index in [1.165, 1.54) is 0 Å². The first kappa shape index (κ1) is 13.3. The third kappa shape index (κ3) is 4.72. The Morgan fingerprint density at radius 3 is 2.20 bits per heavy atom. The summed E-state index contributed by atoms with van der Waals surface area (Å²) >= 11 is 3.34. The molecule has 15 heavy (non-hydrogen) atoms. The van der Waals surface area contributed by atoms with Gasteiger partial charge in [0.15, 0.2) is 0 Å². The second-order valence-corrected chi connectivity index (χ2v) is 4.85. The number of rotatable bonds is 4. The SMILES string of the molecule is FC(F)(F)C1CCN(CCCCBr)CC1. The molecular weight excluding hydrogens is 271 g/mol. The van der Waals surface area contributed by atoms with Gasteiger partial charge in [0.1, 0.15) is 0 Å². The van der Waals surface area contributed by atoms with E-state index in [0.717, 1.165) is 24.7 Å². The molecule has 1 aliphatic heterocycles. The molecule has 1 saturated heterocycles. The average Bonchev–Trinajstić information content (AvgIpc) is 2.18. The molecule has 0 bridgehead atoms. The molecule has 0 aromatic carbocycles. The van der Waals surface area contributed by atoms with Gasteiger partial charge in [-0.05, 0) is 45.3 Å². The molecule has 0 unspecified atom stereocenters. The van der Waals surface area contributed by atoms with Gasteiger partial charge in [0.2, 0.25) is 0 Å². The zero-order valence-electron chi connectivity index (χ0n) is 8.69. The molecule has 1 aliphatic rings. The smallest absolute Gasteiger partial charge is 0.303 e. The maximum atomic E-state index is 12.4. The van der Waals surface area contributed by atoms with Crippen molar-refractivity contribution in [2.24, 2.45) is 5.92 Å². The molecule has 0 aromatic rings. The summed E-state index contributed by atoms with van der Waals surface area (Å²) in [5.74, 6) is -1.06. The highest BCUT2D eigenvalue weighted by molar-refractivity contribution is 9.09. The fourth-order valence-corrected chi connectivity index (χ4v) is 2.31. The van der Waals surface area contributed by atoms with Crippen LogP contribution in [0.2, 0.25) is 0 Å². The van der Waals surface area contributed by atoms with E-state index in [4.69, 9.17) is 0 Å². The van der Waals surface area contributed by atoms with Crippen LogP contribution in [-0.2, 0) is 0 Å². The maximum Gasteiger partial charge on any atom is 0.391 e. The minimum atomic E-state index is -3.98. The minimum Gasteiger partial charge on any atom is -0.303 e. The van der Waals surface area contributed by atoms with Crippen LogP contribution in [0.1, 0.15) is 25.7 Å². The van der Waals surface area contributed by atoms with Crippen molar-refractivity contribution >= 4 is 15.9 Å². The number of hydrogen-bond acceptors (Lipinski definition) is 1. The summed E-state index contributed by atoms with van der Waals surface area (Å²) in [5.41, 5.74) is 0. The molecule has 0 spiro atoms. The van der Waals surface area contributed by atoms with Gasteiger partial charge >= 0.3 is 6.18 Å². The lowest BCUT2D eigenvalue weighted by atomic mass is 9.96. The summed E-state index contributed by atoms with van der Waals surface area (Å²) < 4.78 is 37.1. The van der Waals surface area contributed by atoms with Crippen molar-refractivity contribution in [1.29, 1.82) is 0 Å². The lowest BCUT2D eigenvalue weighted by Gasteiger charge is -2.32. The third-order valence-corrected chi connectivity index (χ3v) is 3.47. The molecule has 1 nitrogen and oxygen atoms in total. The van der Waals surface area contributed by atoms with Gasteiger partial charge in [-0.2, -0.15) is 13.2 Å². The van der Waals surface area contributed by atoms with Gasteiger partial charge in [0.25, 0.3) is 0 Å². The predicted molar refractivity (Wildman–Crippen MR) is 58.2 cm³/mol. The quantitative estimate of drug-likeness (QED) is 0.566. The number of piperidine rings is 1. The van der Waals surface area contributed by atoms with Gasteiger partial charge in [-0.25, -0.2) is 0 Å². The number of likely N-dealkylation sites (tertiary alicyclic amines) is 1. The van der Waals surface area contributed by atoms with E-state index >= 15 is 0 Å². The maximum absolute atomic E-state index is 12.4. The minimum absolute atomic E-state index is 0.276. The molecule has 0 radical (unpaired) electrons. The van der Waals surface area contributed by atoms with E-state index in [2.05, 4.69) is 20.8 Å². The topological polar surface area (TPSA) is 3.24 Å². The van der Waals surface area contributed by atoms with E-state index in [1.54, 1.807) is 0 Å². The van der Waals surface area contributed by atoms with Crippen LogP contribution in [-0.4, -0.2) is 36.0 Å². The Balaban J connectivity index is 2.18. The fraction of sp³-hybridized carbons (Fsp3) is 1.00. The molecular formula is C10H17BrF3N. The van der Waals surface area contributed by atoms with Crippen molar-refractivity contribution in [2.75, 3.05) is 25.0 Å². The van der Waals surface area contributed by atoms with Gasteiger partial charge in [-0.1, -0.05) is 15.9 Å². The van der Waals surface area contributed by atoms with E-state index < -0.39 is 12.1 Å². The monoisotopic (exact) mass is 287 g/mol. The summed E-state index contributed by atoms with van der Waals surface area (Å²) in [7, 11) is 0. The van der Waals surface area contributed by atoms with E-state index in [9.17, 15) is 13.2 Å². The van der Waals surface area contributed by atoms with Gasteiger partial charge in [0.05, 0.1) is 5.92 Å². The van der Waals surface area contributed by atoms with E-state index in [-0.39, 0.29) is 12.8 Å². The van der Waals surface area contributed by atoms with E-state index in [1.807, 2.05) is 0 Å². The largest absolute Gasteiger partial charge is 0.391 e. The Labute approximate surface area is 97.1 Å². The normalized spacial score (nSPS) is 20.8. The molecule has 0 saturated carbocycles. The molecule has 0 aliphatic carbocycles. The molecule has 0 aromatic heterocycles. The Kier molecular flexibility index (Phi) is 5.39. The van der Waals surface area contributed by atoms with Gasteiger partial charge in [-0.3, -0.25) is 0 Å². The zero-order valence-corrected chi connectivity index (χ0v) is 10.3. The highest BCUT2D eigenvalue weighted by atomic mass is 79.9. The van der Waals surface area contributed by atoms with Crippen molar-refractivity contribution in [1.82, 2.24) is 4.90 Å². The molecule has 0 N–H and O–H groups in total. The molecule has 1 rings (SSSR count). The van der Waals surface area contributed by atoms with E-state index in [0.29, 0.717) is 13.1 Å². The number of nitrogens with zero attached hydrogens (tertiary/aromatic N) is 1. The van der Waals surface area contributed by atoms with Gasteiger partial charge < -0.3 is 4.90 Å². The van der Waals surface area contributed by atoms with Crippen LogP contribution in [0.3, 0.4) is 0 Å². The summed E-state index contributed by atoms with van der Waals surface area (Å²) in [4.78, 5) is 2.14. The highest BCUT2D eigenvalue weighted by Crippen LogP contribution is 2.33. The number of hydrogen-bond donors (Lipinski definition) is 0. The highest BCUT2D eigenvalue weighted by Gasteiger charge is 2.40. The van der Waals surface area contributed by atoms with Crippen molar-refractivity contribution < 1.29 is 13.2 Å². The summed E-state index contributed by atoms with van der Waals surface area (Å²) in [6.07, 6.45) is -1.27. The van der Waals surface area contributed by atoms with Crippen molar-refractivity contribution in [3.63, 3.8) is 0 Å². The summed E-state index contributed by atoms with van der Waals surface area (Å²) in [6.45, 7) is 2.15. The van der Waals surface area contributed by atoms with Crippen LogP contribution in [0, 0.1) is 5.92 Å². The number of alkyl halides is 4. The summed E-state index contributed by atoms with van der Waals surface area (Å²) in [5, 5.41) is 0.978. The second kappa shape index (κ2) is 6.09. The number of halogens is 4. The molecule has 1 heterocycles. The molecule has 1 fully saturated rings. The molecule has 90 valence electrons. The van der Waals surface area contributed by atoms with Crippen LogP contribution in [0.5, 0.6) is 0 Å². The first-order valence-corrected chi connectivity index (χ1v) is 6.51. The fourth-order valence-electron chi connectivity index (χ4n) is 1.91. The lowest BCUT2D eigenvalue weighted by molar-refractivity contribution is -0.185. The van der Waals surface area contributed by atoms with Gasteiger partial charge in [0, 0.05) is 5.33 Å². The van der Waals surface area contributed by atoms with Crippen LogP contribution < -0.4 is 0 Å². The van der Waals surface area contributed by atoms with Crippen LogP contribution in [0.4, 0.5) is 13.2 Å². The standard InChI is InChI=1S/C10H17BrF3N/c11-5-1-2-6-15-7-3-9(4-8-15)10(12,13)14/h9H,1-8H2. The summed E-state index contributed by atoms with van der Waals surface area (Å²) in [6, 6.07) is 0. The predicted octanol–water partition coefficient (Wildman–Crippen LogP) is 3.44. The lowest BCUT2D eigenvalue weighted by Crippen LogP contribution is -2.39. The first-order valence-electron chi connectivity index (χ1n) is 5.39. The van der Waals surface area contributed by atoms with Crippen molar-refractivity contribution in [3.05, 3.63) is 0 Å². The molecule has 0 atom stereocenters. The molecule has 5 heteroatoms. The third-order valence-electron chi connectivity index (χ3n) is 2.91. The average molecular weight is 288 g/mol. The van der Waals surface area contributed by atoms with Crippen molar-refractivity contribution in [2.45, 2.75) is 31.9 Å². The Bertz CT molecular complexity index is 176. The Morgan fingerprint density at radius 2 is 1.73 bits per heavy atom. The van der Waals surface area contributed by atoms with Crippen LogP contribution >= 0.6 is 15.9 Å². The first-order chi connectivity index (χ1) is 7.04. The van der Waals surface area contributed by atoms with Crippen molar-refractivity contribution in [3.8, 4) is 0 Å². The second-order valence-electron chi connectivity index (χ2n) is 4.05. The van der Waals surface area contributed by atoms with Crippen LogP contribution in [0.25, 0.3) is 0 Å². The Morgan fingerprint density at radius 1 is 1.13 bits per heavy atom. The van der Waals surface area contributed by atoms with Crippen LogP contribution in [0.15, 0.2) is 0 Å². The zero-order chi connectivity index (χ0) is 11.3. The Hall–Kier alpha value is 0.230. The molecule has 0 amide bonds. The van der Waals surface area contributed by atoms with Gasteiger partial charge in [-0.15, -0.1) is 0 Å². The number of unbranched alkanes of at least 4 members (excludes halogenated alkanes) is 1.